The molecule has 0 amide bonds. The first kappa shape index (κ1) is 14.2. The number of rotatable bonds is 3. The van der Waals surface area contributed by atoms with Crippen LogP contribution in [0.25, 0.3) is 0 Å². The Balaban J connectivity index is 2.59. The molecule has 1 aliphatic heterocycles. The van der Waals surface area contributed by atoms with Gasteiger partial charge in [-0.3, -0.25) is 9.69 Å². The molecule has 100 valence electrons. The maximum atomic E-state index is 12.2. The smallest absolute Gasteiger partial charge is 0.415 e. The summed E-state index contributed by atoms with van der Waals surface area (Å²) in [6.07, 6.45) is -6.11. The van der Waals surface area contributed by atoms with Gasteiger partial charge in [-0.2, -0.15) is 13.2 Å². The molecule has 0 radical (unpaired) electrons. The van der Waals surface area contributed by atoms with Crippen LogP contribution in [0.5, 0.6) is 0 Å². The van der Waals surface area contributed by atoms with Crippen molar-refractivity contribution in [2.75, 3.05) is 19.6 Å². The van der Waals surface area contributed by atoms with Gasteiger partial charge in [-0.15, -0.1) is 0 Å². The molecule has 1 aliphatic rings. The molecule has 0 bridgehead atoms. The molecule has 0 aromatic carbocycles. The summed E-state index contributed by atoms with van der Waals surface area (Å²) in [4.78, 5) is 12.3. The van der Waals surface area contributed by atoms with E-state index in [0.29, 0.717) is 19.4 Å². The first-order valence-electron chi connectivity index (χ1n) is 5.36. The van der Waals surface area contributed by atoms with Crippen LogP contribution in [-0.2, 0) is 4.79 Å². The molecule has 4 nitrogen and oxygen atoms in total. The van der Waals surface area contributed by atoms with Crippen molar-refractivity contribution in [2.45, 2.75) is 32.0 Å². The first-order chi connectivity index (χ1) is 7.65. The summed E-state index contributed by atoms with van der Waals surface area (Å²) in [5, 5.41) is 17.9. The van der Waals surface area contributed by atoms with E-state index in [1.54, 1.807) is 0 Å². The maximum Gasteiger partial charge on any atom is 0.415 e. The van der Waals surface area contributed by atoms with E-state index in [1.807, 2.05) is 0 Å². The van der Waals surface area contributed by atoms with Gasteiger partial charge >= 0.3 is 12.1 Å². The number of carboxylic acid groups (broad SMARTS) is 1. The number of alkyl halides is 3. The second kappa shape index (κ2) is 4.81. The highest BCUT2D eigenvalue weighted by Crippen LogP contribution is 2.30. The standard InChI is InChI=1S/C10H16F3NO3/c1-9(8(16)17)3-2-4-14(6-9)5-7(15)10(11,12)13/h7,15H,2-6H2,1H3,(H,16,17). The number of aliphatic carboxylic acids is 1. The number of hydrogen-bond donors (Lipinski definition) is 2. The molecular formula is C10H16F3NO3. The Morgan fingerprint density at radius 2 is 2.12 bits per heavy atom. The molecule has 7 heteroatoms. The number of carbonyl (C=O) groups is 1. The Labute approximate surface area is 97.0 Å². The van der Waals surface area contributed by atoms with E-state index in [1.165, 1.54) is 11.8 Å². The van der Waals surface area contributed by atoms with Gasteiger partial charge in [-0.25, -0.2) is 0 Å². The van der Waals surface area contributed by atoms with Crippen molar-refractivity contribution in [2.24, 2.45) is 5.41 Å². The van der Waals surface area contributed by atoms with Gasteiger partial charge in [0.25, 0.3) is 0 Å². The molecule has 1 fully saturated rings. The minimum absolute atomic E-state index is 0.0372. The molecular weight excluding hydrogens is 239 g/mol. The molecule has 0 aromatic heterocycles. The van der Waals surface area contributed by atoms with E-state index in [0.717, 1.165) is 0 Å². The Morgan fingerprint density at radius 1 is 1.53 bits per heavy atom. The molecule has 0 aromatic rings. The molecule has 0 saturated carbocycles. The van der Waals surface area contributed by atoms with Crippen molar-refractivity contribution in [3.63, 3.8) is 0 Å². The third kappa shape index (κ3) is 3.57. The zero-order valence-electron chi connectivity index (χ0n) is 9.50. The van der Waals surface area contributed by atoms with Crippen LogP contribution in [0.4, 0.5) is 13.2 Å². The second-order valence-corrected chi connectivity index (χ2v) is 4.76. The van der Waals surface area contributed by atoms with Gasteiger partial charge in [0.15, 0.2) is 6.10 Å². The molecule has 2 atom stereocenters. The summed E-state index contributed by atoms with van der Waals surface area (Å²) in [6, 6.07) is 0. The van der Waals surface area contributed by atoms with Crippen LogP contribution in [0.2, 0.25) is 0 Å². The Kier molecular flexibility index (Phi) is 4.03. The van der Waals surface area contributed by atoms with E-state index in [2.05, 4.69) is 0 Å². The average Bonchev–Trinajstić information content (AvgIpc) is 2.16. The van der Waals surface area contributed by atoms with Gasteiger partial charge in [0.2, 0.25) is 0 Å². The van der Waals surface area contributed by atoms with Crippen LogP contribution >= 0.6 is 0 Å². The number of aliphatic hydroxyl groups excluding tert-OH is 1. The zero-order valence-corrected chi connectivity index (χ0v) is 9.50. The molecule has 1 rings (SSSR count). The Hall–Kier alpha value is -0.820. The number of halogens is 3. The number of carboxylic acids is 1. The Bertz CT molecular complexity index is 295. The van der Waals surface area contributed by atoms with Crippen molar-refractivity contribution >= 4 is 5.97 Å². The van der Waals surface area contributed by atoms with Gasteiger partial charge in [0, 0.05) is 13.1 Å². The van der Waals surface area contributed by atoms with Crippen LogP contribution in [-0.4, -0.2) is 53.0 Å². The number of β-amino-alcohol motifs (C(OH)–C–C–N with tert-alkyl or cyclic N) is 1. The normalized spacial score (nSPS) is 29.0. The number of aliphatic hydroxyl groups is 1. The fourth-order valence-electron chi connectivity index (χ4n) is 2.02. The summed E-state index contributed by atoms with van der Waals surface area (Å²) in [5.74, 6) is -1.01. The van der Waals surface area contributed by atoms with E-state index in [4.69, 9.17) is 10.2 Å². The van der Waals surface area contributed by atoms with Gasteiger partial charge in [-0.1, -0.05) is 0 Å². The predicted octanol–water partition coefficient (Wildman–Crippen LogP) is 1.10. The van der Waals surface area contributed by atoms with Crippen LogP contribution in [0, 0.1) is 5.41 Å². The fraction of sp³-hybridized carbons (Fsp3) is 0.900. The molecule has 2 N–H and O–H groups in total. The highest BCUT2D eigenvalue weighted by molar-refractivity contribution is 5.74. The highest BCUT2D eigenvalue weighted by atomic mass is 19.4. The van der Waals surface area contributed by atoms with Crippen LogP contribution in [0.3, 0.4) is 0 Å². The lowest BCUT2D eigenvalue weighted by Gasteiger charge is -2.38. The van der Waals surface area contributed by atoms with Crippen molar-refractivity contribution in [1.82, 2.24) is 4.90 Å². The highest BCUT2D eigenvalue weighted by Gasteiger charge is 2.43. The van der Waals surface area contributed by atoms with Crippen LogP contribution < -0.4 is 0 Å². The minimum Gasteiger partial charge on any atom is -0.481 e. The monoisotopic (exact) mass is 255 g/mol. The molecule has 2 unspecified atom stereocenters. The quantitative estimate of drug-likeness (QED) is 0.792. The van der Waals surface area contributed by atoms with Gasteiger partial charge in [-0.05, 0) is 26.3 Å². The largest absolute Gasteiger partial charge is 0.481 e. The van der Waals surface area contributed by atoms with Gasteiger partial charge < -0.3 is 10.2 Å². The SMILES string of the molecule is CC1(C(=O)O)CCCN(CC(O)C(F)(F)F)C1. The van der Waals surface area contributed by atoms with Crippen molar-refractivity contribution < 1.29 is 28.2 Å². The maximum absolute atomic E-state index is 12.2. The van der Waals surface area contributed by atoms with Crippen LogP contribution in [0.1, 0.15) is 19.8 Å². The van der Waals surface area contributed by atoms with Crippen molar-refractivity contribution in [3.05, 3.63) is 0 Å². The summed E-state index contributed by atoms with van der Waals surface area (Å²) in [6.45, 7) is 1.37. The third-order valence-corrected chi connectivity index (χ3v) is 3.10. The average molecular weight is 255 g/mol. The molecule has 17 heavy (non-hydrogen) atoms. The number of nitrogens with zero attached hydrogens (tertiary/aromatic N) is 1. The van der Waals surface area contributed by atoms with E-state index in [9.17, 15) is 18.0 Å². The number of piperidine rings is 1. The predicted molar refractivity (Wildman–Crippen MR) is 53.5 cm³/mol. The van der Waals surface area contributed by atoms with E-state index < -0.39 is 30.2 Å². The topological polar surface area (TPSA) is 60.8 Å². The lowest BCUT2D eigenvalue weighted by Crippen LogP contribution is -2.50. The fourth-order valence-corrected chi connectivity index (χ4v) is 2.02. The van der Waals surface area contributed by atoms with Crippen molar-refractivity contribution in [3.8, 4) is 0 Å². The minimum atomic E-state index is -4.66. The van der Waals surface area contributed by atoms with Crippen molar-refractivity contribution in [1.29, 1.82) is 0 Å². The van der Waals surface area contributed by atoms with Gasteiger partial charge in [0.1, 0.15) is 0 Å². The Morgan fingerprint density at radius 3 is 2.59 bits per heavy atom. The number of likely N-dealkylation sites (tertiary alicyclic amines) is 1. The summed E-state index contributed by atoms with van der Waals surface area (Å²) in [5.41, 5.74) is -1.02. The third-order valence-electron chi connectivity index (χ3n) is 3.10. The van der Waals surface area contributed by atoms with Gasteiger partial charge in [0.05, 0.1) is 5.41 Å². The molecule has 1 saturated heterocycles. The number of hydrogen-bond acceptors (Lipinski definition) is 3. The molecule has 1 heterocycles. The lowest BCUT2D eigenvalue weighted by molar-refractivity contribution is -0.210. The van der Waals surface area contributed by atoms with E-state index >= 15 is 0 Å². The summed E-state index contributed by atoms with van der Waals surface area (Å²) in [7, 11) is 0. The summed E-state index contributed by atoms with van der Waals surface area (Å²) < 4.78 is 36.5. The second-order valence-electron chi connectivity index (χ2n) is 4.76. The molecule has 0 spiro atoms. The molecule has 0 aliphatic carbocycles. The van der Waals surface area contributed by atoms with Crippen LogP contribution in [0.15, 0.2) is 0 Å². The lowest BCUT2D eigenvalue weighted by atomic mass is 9.82. The first-order valence-corrected chi connectivity index (χ1v) is 5.36. The zero-order chi connectivity index (χ0) is 13.3. The van der Waals surface area contributed by atoms with E-state index in [-0.39, 0.29) is 6.54 Å². The summed E-state index contributed by atoms with van der Waals surface area (Å²) >= 11 is 0.